The van der Waals surface area contributed by atoms with Gasteiger partial charge in [-0.05, 0) is 44.9 Å². The summed E-state index contributed by atoms with van der Waals surface area (Å²) in [5, 5.41) is 22.1. The molecule has 6 heteroatoms. The normalized spacial score (nSPS) is 12.1. The molecule has 0 aliphatic carbocycles. The zero-order chi connectivity index (χ0) is 16.8. The average Bonchev–Trinajstić information content (AvgIpc) is 2.36. The topological polar surface area (TPSA) is 102 Å². The predicted molar refractivity (Wildman–Crippen MR) is 77.6 cm³/mol. The van der Waals surface area contributed by atoms with Crippen molar-refractivity contribution in [2.45, 2.75) is 45.3 Å². The zero-order valence-electron chi connectivity index (χ0n) is 12.9. The number of ether oxygens (including phenoxy) is 1. The van der Waals surface area contributed by atoms with Gasteiger partial charge in [0.2, 0.25) is 0 Å². The lowest BCUT2D eigenvalue weighted by Crippen LogP contribution is -2.43. The SMILES string of the molecule is CC(C)(C)OC(=O)N[C@@H](CC(=O)[O-])Cc1ccc(C#N)cc1. The van der Waals surface area contributed by atoms with Gasteiger partial charge in [-0.3, -0.25) is 0 Å². The molecule has 1 N–H and O–H groups in total. The number of hydrogen-bond acceptors (Lipinski definition) is 5. The van der Waals surface area contributed by atoms with Gasteiger partial charge in [0.15, 0.2) is 0 Å². The molecule has 6 nitrogen and oxygen atoms in total. The van der Waals surface area contributed by atoms with Gasteiger partial charge in [0.1, 0.15) is 5.60 Å². The number of nitriles is 1. The fourth-order valence-corrected chi connectivity index (χ4v) is 1.85. The van der Waals surface area contributed by atoms with Crippen molar-refractivity contribution in [3.63, 3.8) is 0 Å². The molecule has 0 bridgehead atoms. The molecule has 0 radical (unpaired) electrons. The molecule has 1 rings (SSSR count). The summed E-state index contributed by atoms with van der Waals surface area (Å²) in [4.78, 5) is 22.6. The van der Waals surface area contributed by atoms with E-state index in [1.54, 1.807) is 45.0 Å². The van der Waals surface area contributed by atoms with Crippen LogP contribution in [0.15, 0.2) is 24.3 Å². The second-order valence-electron chi connectivity index (χ2n) is 5.93. The van der Waals surface area contributed by atoms with E-state index in [1.807, 2.05) is 6.07 Å². The number of amides is 1. The summed E-state index contributed by atoms with van der Waals surface area (Å²) in [6, 6.07) is 8.07. The average molecular weight is 303 g/mol. The van der Waals surface area contributed by atoms with E-state index in [1.165, 1.54) is 0 Å². The van der Waals surface area contributed by atoms with E-state index in [9.17, 15) is 14.7 Å². The first-order chi connectivity index (χ1) is 10.2. The second kappa shape index (κ2) is 7.46. The number of carbonyl (C=O) groups is 2. The third-order valence-corrected chi connectivity index (χ3v) is 2.70. The quantitative estimate of drug-likeness (QED) is 0.878. The maximum Gasteiger partial charge on any atom is 0.407 e. The molecule has 0 saturated carbocycles. The maximum atomic E-state index is 11.8. The molecule has 0 aliphatic rings. The molecule has 1 amide bonds. The highest BCUT2D eigenvalue weighted by Gasteiger charge is 2.20. The van der Waals surface area contributed by atoms with Crippen molar-refractivity contribution in [1.82, 2.24) is 5.32 Å². The van der Waals surface area contributed by atoms with E-state index in [0.29, 0.717) is 12.0 Å². The van der Waals surface area contributed by atoms with Gasteiger partial charge in [0.25, 0.3) is 0 Å². The highest BCUT2D eigenvalue weighted by atomic mass is 16.6. The molecule has 0 unspecified atom stereocenters. The van der Waals surface area contributed by atoms with Crippen molar-refractivity contribution in [2.24, 2.45) is 0 Å². The number of hydrogen-bond donors (Lipinski definition) is 1. The number of nitrogens with one attached hydrogen (secondary N) is 1. The van der Waals surface area contributed by atoms with Crippen molar-refractivity contribution >= 4 is 12.1 Å². The Morgan fingerprint density at radius 3 is 2.36 bits per heavy atom. The summed E-state index contributed by atoms with van der Waals surface area (Å²) >= 11 is 0. The lowest BCUT2D eigenvalue weighted by atomic mass is 10.0. The molecule has 0 aromatic heterocycles. The summed E-state index contributed by atoms with van der Waals surface area (Å²) in [5.74, 6) is -1.25. The summed E-state index contributed by atoms with van der Waals surface area (Å²) in [6.07, 6.45) is -0.689. The Bertz CT molecular complexity index is 567. The van der Waals surface area contributed by atoms with Crippen LogP contribution in [0.25, 0.3) is 0 Å². The first kappa shape index (κ1) is 17.5. The van der Waals surface area contributed by atoms with Crippen molar-refractivity contribution in [3.8, 4) is 6.07 Å². The largest absolute Gasteiger partial charge is 0.550 e. The van der Waals surface area contributed by atoms with Crippen molar-refractivity contribution < 1.29 is 19.4 Å². The Hall–Kier alpha value is -2.55. The molecule has 118 valence electrons. The van der Waals surface area contributed by atoms with E-state index in [-0.39, 0.29) is 6.42 Å². The van der Waals surface area contributed by atoms with Crippen molar-refractivity contribution in [2.75, 3.05) is 0 Å². The summed E-state index contributed by atoms with van der Waals surface area (Å²) < 4.78 is 5.12. The lowest BCUT2D eigenvalue weighted by molar-refractivity contribution is -0.306. The van der Waals surface area contributed by atoms with Crippen molar-refractivity contribution in [3.05, 3.63) is 35.4 Å². The maximum absolute atomic E-state index is 11.8. The van der Waals surface area contributed by atoms with Gasteiger partial charge in [-0.15, -0.1) is 0 Å². The number of carboxylic acids is 1. The van der Waals surface area contributed by atoms with Crippen LogP contribution < -0.4 is 10.4 Å². The molecule has 0 heterocycles. The number of rotatable bonds is 5. The number of carboxylic acid groups (broad SMARTS) is 1. The minimum absolute atomic E-state index is 0.304. The Kier molecular flexibility index (Phi) is 5.93. The third kappa shape index (κ3) is 6.75. The minimum atomic E-state index is -1.25. The molecule has 0 aliphatic heterocycles. The van der Waals surface area contributed by atoms with Crippen molar-refractivity contribution in [1.29, 1.82) is 5.26 Å². The molecular formula is C16H19N2O4-. The fourth-order valence-electron chi connectivity index (χ4n) is 1.85. The molecule has 1 atom stereocenters. The van der Waals surface area contributed by atoms with Gasteiger partial charge in [0, 0.05) is 18.4 Å². The smallest absolute Gasteiger partial charge is 0.407 e. The van der Waals surface area contributed by atoms with Crippen LogP contribution in [0.2, 0.25) is 0 Å². The third-order valence-electron chi connectivity index (χ3n) is 2.70. The van der Waals surface area contributed by atoms with Gasteiger partial charge >= 0.3 is 6.09 Å². The minimum Gasteiger partial charge on any atom is -0.550 e. The fraction of sp³-hybridized carbons (Fsp3) is 0.438. The first-order valence-electron chi connectivity index (χ1n) is 6.88. The molecule has 1 aromatic rings. The predicted octanol–water partition coefficient (Wildman–Crippen LogP) is 1.13. The van der Waals surface area contributed by atoms with Crippen LogP contribution in [0, 0.1) is 11.3 Å². The molecule has 1 aromatic carbocycles. The molecule has 22 heavy (non-hydrogen) atoms. The highest BCUT2D eigenvalue weighted by molar-refractivity contribution is 5.70. The second-order valence-corrected chi connectivity index (χ2v) is 5.93. The van der Waals surface area contributed by atoms with Crippen LogP contribution in [0.3, 0.4) is 0 Å². The Morgan fingerprint density at radius 1 is 1.32 bits per heavy atom. The van der Waals surface area contributed by atoms with Crippen LogP contribution in [0.5, 0.6) is 0 Å². The standard InChI is InChI=1S/C16H20N2O4/c1-16(2,3)22-15(21)18-13(9-14(19)20)8-11-4-6-12(10-17)7-5-11/h4-7,13H,8-9H2,1-3H3,(H,18,21)(H,19,20)/p-1/t13-/m1/s1. The van der Waals surface area contributed by atoms with E-state index < -0.39 is 23.7 Å². The van der Waals surface area contributed by atoms with Crippen LogP contribution in [-0.2, 0) is 16.0 Å². The van der Waals surface area contributed by atoms with Gasteiger partial charge in [-0.2, -0.15) is 5.26 Å². The number of nitrogens with zero attached hydrogens (tertiary/aromatic N) is 1. The van der Waals surface area contributed by atoms with Gasteiger partial charge in [-0.25, -0.2) is 4.79 Å². The summed E-state index contributed by atoms with van der Waals surface area (Å²) in [5.41, 5.74) is 0.659. The monoisotopic (exact) mass is 303 g/mol. The Labute approximate surface area is 129 Å². The van der Waals surface area contributed by atoms with Crippen LogP contribution in [-0.4, -0.2) is 23.7 Å². The van der Waals surface area contributed by atoms with E-state index in [4.69, 9.17) is 10.00 Å². The summed E-state index contributed by atoms with van der Waals surface area (Å²) in [6.45, 7) is 5.17. The van der Waals surface area contributed by atoms with Crippen LogP contribution in [0.4, 0.5) is 4.79 Å². The highest BCUT2D eigenvalue weighted by Crippen LogP contribution is 2.10. The number of aliphatic carboxylic acids is 1. The first-order valence-corrected chi connectivity index (χ1v) is 6.88. The molecule has 0 fully saturated rings. The molecule has 0 spiro atoms. The van der Waals surface area contributed by atoms with Crippen LogP contribution >= 0.6 is 0 Å². The van der Waals surface area contributed by atoms with E-state index >= 15 is 0 Å². The Morgan fingerprint density at radius 2 is 1.91 bits per heavy atom. The van der Waals surface area contributed by atoms with Gasteiger partial charge in [-0.1, -0.05) is 12.1 Å². The number of benzene rings is 1. The zero-order valence-corrected chi connectivity index (χ0v) is 12.9. The van der Waals surface area contributed by atoms with E-state index in [0.717, 1.165) is 5.56 Å². The van der Waals surface area contributed by atoms with Gasteiger partial charge < -0.3 is 20.0 Å². The van der Waals surface area contributed by atoms with Gasteiger partial charge in [0.05, 0.1) is 11.6 Å². The lowest BCUT2D eigenvalue weighted by Gasteiger charge is -2.24. The number of carbonyl (C=O) groups excluding carboxylic acids is 2. The van der Waals surface area contributed by atoms with Crippen LogP contribution in [0.1, 0.15) is 38.3 Å². The molecule has 0 saturated heterocycles. The summed E-state index contributed by atoms with van der Waals surface area (Å²) in [7, 11) is 0. The van der Waals surface area contributed by atoms with E-state index in [2.05, 4.69) is 5.32 Å². The molecular weight excluding hydrogens is 284 g/mol. The number of alkyl carbamates (subject to hydrolysis) is 1. The Balaban J connectivity index is 2.73.